The number of fused-ring (bicyclic) bond motifs is 1. The van der Waals surface area contributed by atoms with E-state index in [9.17, 15) is 14.7 Å². The molecule has 0 atom stereocenters. The van der Waals surface area contributed by atoms with E-state index in [1.54, 1.807) is 39.0 Å². The summed E-state index contributed by atoms with van der Waals surface area (Å²) in [5.41, 5.74) is -0.212. The van der Waals surface area contributed by atoms with E-state index in [0.717, 1.165) is 11.3 Å². The number of rotatable bonds is 2. The lowest BCUT2D eigenvalue weighted by Gasteiger charge is -2.19. The van der Waals surface area contributed by atoms with Gasteiger partial charge in [-0.3, -0.25) is 0 Å². The summed E-state index contributed by atoms with van der Waals surface area (Å²) in [4.78, 5) is 23.7. The predicted molar refractivity (Wildman–Crippen MR) is 80.0 cm³/mol. The molecule has 1 aromatic carbocycles. The van der Waals surface area contributed by atoms with Crippen molar-refractivity contribution in [3.05, 3.63) is 28.6 Å². The highest BCUT2D eigenvalue weighted by atomic mass is 32.1. The number of hydrogen-bond donors (Lipinski definition) is 1. The van der Waals surface area contributed by atoms with Gasteiger partial charge in [-0.1, -0.05) is 0 Å². The van der Waals surface area contributed by atoms with Crippen LogP contribution in [0.25, 0.3) is 10.1 Å². The maximum atomic E-state index is 12.0. The van der Waals surface area contributed by atoms with E-state index < -0.39 is 17.5 Å². The van der Waals surface area contributed by atoms with Gasteiger partial charge in [0.05, 0.1) is 12.7 Å². The van der Waals surface area contributed by atoms with Crippen molar-refractivity contribution in [2.24, 2.45) is 0 Å². The fourth-order valence-corrected chi connectivity index (χ4v) is 2.83. The quantitative estimate of drug-likeness (QED) is 0.861. The van der Waals surface area contributed by atoms with Crippen LogP contribution in [0.4, 0.5) is 0 Å². The molecule has 0 saturated carbocycles. The van der Waals surface area contributed by atoms with E-state index in [-0.39, 0.29) is 10.6 Å². The first-order valence-corrected chi connectivity index (χ1v) is 7.12. The summed E-state index contributed by atoms with van der Waals surface area (Å²) in [6.45, 7) is 5.36. The van der Waals surface area contributed by atoms with Gasteiger partial charge in [-0.05, 0) is 39.0 Å². The van der Waals surface area contributed by atoms with Crippen molar-refractivity contribution in [2.75, 3.05) is 7.11 Å². The number of methoxy groups -OCH3 is 1. The van der Waals surface area contributed by atoms with Gasteiger partial charge in [0.15, 0.2) is 4.88 Å². The van der Waals surface area contributed by atoms with E-state index in [1.807, 2.05) is 0 Å². The third kappa shape index (κ3) is 3.16. The number of aromatic hydroxyl groups is 1. The molecule has 0 spiro atoms. The number of esters is 2. The van der Waals surface area contributed by atoms with Crippen molar-refractivity contribution in [1.82, 2.24) is 0 Å². The lowest BCUT2D eigenvalue weighted by Crippen LogP contribution is -2.23. The minimum absolute atomic E-state index is 0.119. The molecule has 0 aliphatic carbocycles. The van der Waals surface area contributed by atoms with Gasteiger partial charge >= 0.3 is 11.9 Å². The molecular weight excluding hydrogens is 292 g/mol. The van der Waals surface area contributed by atoms with Crippen LogP contribution in [0.3, 0.4) is 0 Å². The Morgan fingerprint density at radius 3 is 2.43 bits per heavy atom. The third-order valence-corrected chi connectivity index (χ3v) is 3.79. The molecule has 2 rings (SSSR count). The van der Waals surface area contributed by atoms with Gasteiger partial charge in [0.1, 0.15) is 11.4 Å². The second-order valence-corrected chi connectivity index (χ2v) is 6.54. The Morgan fingerprint density at radius 1 is 1.19 bits per heavy atom. The van der Waals surface area contributed by atoms with Gasteiger partial charge < -0.3 is 14.6 Å². The molecule has 5 nitrogen and oxygen atoms in total. The van der Waals surface area contributed by atoms with E-state index >= 15 is 0 Å². The summed E-state index contributed by atoms with van der Waals surface area (Å²) >= 11 is 1.07. The van der Waals surface area contributed by atoms with Crippen LogP contribution in [0.15, 0.2) is 18.2 Å². The summed E-state index contributed by atoms with van der Waals surface area (Å²) in [7, 11) is 1.25. The van der Waals surface area contributed by atoms with Crippen LogP contribution in [0, 0.1) is 0 Å². The van der Waals surface area contributed by atoms with Crippen LogP contribution in [0.1, 0.15) is 40.8 Å². The molecule has 1 heterocycles. The lowest BCUT2D eigenvalue weighted by molar-refractivity contribution is 0.00695. The van der Waals surface area contributed by atoms with Crippen LogP contribution in [-0.2, 0) is 9.47 Å². The van der Waals surface area contributed by atoms with Crippen LogP contribution in [0.2, 0.25) is 0 Å². The average molecular weight is 308 g/mol. The minimum atomic E-state index is -0.604. The molecule has 6 heteroatoms. The number of hydrogen-bond acceptors (Lipinski definition) is 6. The summed E-state index contributed by atoms with van der Waals surface area (Å²) < 4.78 is 10.5. The van der Waals surface area contributed by atoms with Gasteiger partial charge in [-0.15, -0.1) is 11.3 Å². The van der Waals surface area contributed by atoms with Crippen LogP contribution in [-0.4, -0.2) is 29.8 Å². The maximum absolute atomic E-state index is 12.0. The Labute approximate surface area is 126 Å². The Bertz CT molecular complexity index is 709. The van der Waals surface area contributed by atoms with Gasteiger partial charge in [0, 0.05) is 10.1 Å². The normalized spacial score (nSPS) is 11.4. The highest BCUT2D eigenvalue weighted by Gasteiger charge is 2.21. The number of benzene rings is 1. The SMILES string of the molecule is COC(=O)c1sc2cc(C(=O)OC(C)(C)C)ccc2c1O. The van der Waals surface area contributed by atoms with Crippen molar-refractivity contribution < 1.29 is 24.2 Å². The van der Waals surface area contributed by atoms with E-state index in [2.05, 4.69) is 4.74 Å². The molecule has 0 amide bonds. The molecule has 0 saturated heterocycles. The molecule has 0 unspecified atom stereocenters. The maximum Gasteiger partial charge on any atom is 0.351 e. The van der Waals surface area contributed by atoms with E-state index in [1.165, 1.54) is 7.11 Å². The third-order valence-electron chi connectivity index (χ3n) is 2.67. The monoisotopic (exact) mass is 308 g/mol. The van der Waals surface area contributed by atoms with Crippen molar-refractivity contribution in [1.29, 1.82) is 0 Å². The molecule has 0 fully saturated rings. The Kier molecular flexibility index (Phi) is 3.91. The molecule has 0 aliphatic heterocycles. The molecule has 1 N–H and O–H groups in total. The van der Waals surface area contributed by atoms with Gasteiger partial charge in [-0.25, -0.2) is 9.59 Å². The first-order chi connectivity index (χ1) is 9.73. The van der Waals surface area contributed by atoms with Crippen molar-refractivity contribution in [3.63, 3.8) is 0 Å². The zero-order chi connectivity index (χ0) is 15.8. The number of carbonyl (C=O) groups excluding carboxylic acids is 2. The van der Waals surface area contributed by atoms with E-state index in [0.29, 0.717) is 15.6 Å². The Morgan fingerprint density at radius 2 is 1.86 bits per heavy atom. The van der Waals surface area contributed by atoms with Gasteiger partial charge in [0.25, 0.3) is 0 Å². The summed E-state index contributed by atoms with van der Waals surface area (Å²) in [5.74, 6) is -1.18. The smallest absolute Gasteiger partial charge is 0.351 e. The largest absolute Gasteiger partial charge is 0.505 e. The van der Waals surface area contributed by atoms with Crippen LogP contribution in [0.5, 0.6) is 5.75 Å². The fraction of sp³-hybridized carbons (Fsp3) is 0.333. The molecule has 0 bridgehead atoms. The second-order valence-electron chi connectivity index (χ2n) is 5.48. The van der Waals surface area contributed by atoms with Gasteiger partial charge in [-0.2, -0.15) is 0 Å². The first kappa shape index (κ1) is 15.3. The number of thiophene rings is 1. The standard InChI is InChI=1S/C15H16O5S/c1-15(2,3)20-13(17)8-5-6-9-10(7-8)21-12(11(9)16)14(18)19-4/h5-7,16H,1-4H3. The highest BCUT2D eigenvalue weighted by molar-refractivity contribution is 7.21. The van der Waals surface area contributed by atoms with Crippen LogP contribution < -0.4 is 0 Å². The topological polar surface area (TPSA) is 72.8 Å². The molecule has 2 aromatic rings. The molecule has 1 aromatic heterocycles. The van der Waals surface area contributed by atoms with E-state index in [4.69, 9.17) is 4.74 Å². The molecular formula is C15H16O5S. The zero-order valence-corrected chi connectivity index (χ0v) is 13.0. The molecule has 0 aliphatic rings. The fourth-order valence-electron chi connectivity index (χ4n) is 1.78. The number of ether oxygens (including phenoxy) is 2. The second kappa shape index (κ2) is 5.37. The Balaban J connectivity index is 2.43. The van der Waals surface area contributed by atoms with Crippen molar-refractivity contribution >= 4 is 33.4 Å². The van der Waals surface area contributed by atoms with Crippen molar-refractivity contribution in [3.8, 4) is 5.75 Å². The predicted octanol–water partition coefficient (Wildman–Crippen LogP) is 3.35. The number of carbonyl (C=O) groups is 2. The zero-order valence-electron chi connectivity index (χ0n) is 12.2. The lowest BCUT2D eigenvalue weighted by atomic mass is 10.1. The Hall–Kier alpha value is -2.08. The minimum Gasteiger partial charge on any atom is -0.505 e. The van der Waals surface area contributed by atoms with Crippen LogP contribution >= 0.6 is 11.3 Å². The average Bonchev–Trinajstić information content (AvgIpc) is 2.73. The molecule has 21 heavy (non-hydrogen) atoms. The van der Waals surface area contributed by atoms with Crippen molar-refractivity contribution in [2.45, 2.75) is 26.4 Å². The van der Waals surface area contributed by atoms with Gasteiger partial charge in [0.2, 0.25) is 0 Å². The summed E-state index contributed by atoms with van der Waals surface area (Å²) in [6, 6.07) is 4.75. The molecule has 112 valence electrons. The molecule has 0 radical (unpaired) electrons. The first-order valence-electron chi connectivity index (χ1n) is 6.30. The summed E-state index contributed by atoms with van der Waals surface area (Å²) in [6.07, 6.45) is 0. The summed E-state index contributed by atoms with van der Waals surface area (Å²) in [5, 5.41) is 10.5. The highest BCUT2D eigenvalue weighted by Crippen LogP contribution is 2.37.